The fourth-order valence-electron chi connectivity index (χ4n) is 1.81. The van der Waals surface area contributed by atoms with E-state index in [2.05, 4.69) is 0 Å². The molecule has 6 heteroatoms. The van der Waals surface area contributed by atoms with E-state index in [0.717, 1.165) is 23.8 Å². The lowest BCUT2D eigenvalue weighted by Crippen LogP contribution is -2.16. The average molecular weight is 308 g/mol. The van der Waals surface area contributed by atoms with Crippen LogP contribution in [0.2, 0.25) is 0 Å². The van der Waals surface area contributed by atoms with E-state index in [0.29, 0.717) is 0 Å². The minimum absolute atomic E-state index is 0.0114. The van der Waals surface area contributed by atoms with Gasteiger partial charge in [-0.1, -0.05) is 17.7 Å². The van der Waals surface area contributed by atoms with Gasteiger partial charge in [-0.05, 0) is 37.3 Å². The molecule has 0 heterocycles. The second-order valence-electron chi connectivity index (χ2n) is 4.66. The summed E-state index contributed by atoms with van der Waals surface area (Å²) in [6.07, 6.45) is 0. The summed E-state index contributed by atoms with van der Waals surface area (Å²) >= 11 is 0. The van der Waals surface area contributed by atoms with Crippen molar-refractivity contribution in [1.82, 2.24) is 0 Å². The molecule has 0 aliphatic carbocycles. The lowest BCUT2D eigenvalue weighted by Gasteiger charge is -2.06. The van der Waals surface area contributed by atoms with Gasteiger partial charge in [0.05, 0.1) is 10.5 Å². The fourth-order valence-corrected chi connectivity index (χ4v) is 3.03. The Kier molecular flexibility index (Phi) is 4.09. The molecular weight excluding hydrogens is 295 g/mol. The molecule has 4 nitrogen and oxygen atoms in total. The highest BCUT2D eigenvalue weighted by molar-refractivity contribution is 7.92. The van der Waals surface area contributed by atoms with Crippen molar-refractivity contribution in [3.8, 4) is 5.75 Å². The molecule has 110 valence electrons. The molecule has 0 aliphatic rings. The number of halogens is 1. The summed E-state index contributed by atoms with van der Waals surface area (Å²) in [5.74, 6) is -2.84. The van der Waals surface area contributed by atoms with Gasteiger partial charge in [0.1, 0.15) is 17.3 Å². The van der Waals surface area contributed by atoms with Crippen molar-refractivity contribution < 1.29 is 22.7 Å². The Bertz CT molecular complexity index is 780. The number of Topliss-reactive ketones (excluding diaryl/α,β-unsaturated/α-hetero) is 1. The molecule has 0 atom stereocenters. The van der Waals surface area contributed by atoms with E-state index in [1.807, 2.05) is 6.92 Å². The van der Waals surface area contributed by atoms with Crippen molar-refractivity contribution >= 4 is 15.6 Å². The standard InChI is InChI=1S/C15H13FO4S/c1-10-2-5-12(6-3-10)21(19,20)9-15(18)13-8-11(16)4-7-14(13)17/h2-8,17H,9H2,1H3. The maximum absolute atomic E-state index is 13.1. The highest BCUT2D eigenvalue weighted by Gasteiger charge is 2.22. The number of sulfone groups is 1. The zero-order chi connectivity index (χ0) is 15.6. The summed E-state index contributed by atoms with van der Waals surface area (Å²) in [6, 6.07) is 8.88. The maximum atomic E-state index is 13.1. The minimum atomic E-state index is -3.84. The Morgan fingerprint density at radius 1 is 1.14 bits per heavy atom. The van der Waals surface area contributed by atoms with E-state index in [9.17, 15) is 22.7 Å². The van der Waals surface area contributed by atoms with Gasteiger partial charge in [-0.25, -0.2) is 12.8 Å². The molecule has 0 aromatic heterocycles. The number of rotatable bonds is 4. The van der Waals surface area contributed by atoms with Crippen LogP contribution in [0.3, 0.4) is 0 Å². The zero-order valence-electron chi connectivity index (χ0n) is 11.2. The van der Waals surface area contributed by atoms with Crippen LogP contribution < -0.4 is 0 Å². The summed E-state index contributed by atoms with van der Waals surface area (Å²) in [5.41, 5.74) is 0.550. The monoisotopic (exact) mass is 308 g/mol. The number of carbonyl (C=O) groups excluding carboxylic acids is 1. The van der Waals surface area contributed by atoms with E-state index in [-0.39, 0.29) is 10.5 Å². The Hall–Kier alpha value is -2.21. The third kappa shape index (κ3) is 3.46. The quantitative estimate of drug-likeness (QED) is 0.881. The van der Waals surface area contributed by atoms with Crippen LogP contribution in [-0.2, 0) is 9.84 Å². The van der Waals surface area contributed by atoms with E-state index < -0.39 is 32.9 Å². The minimum Gasteiger partial charge on any atom is -0.507 e. The van der Waals surface area contributed by atoms with E-state index in [1.165, 1.54) is 12.1 Å². The number of carbonyl (C=O) groups is 1. The molecule has 2 aromatic rings. The second kappa shape index (κ2) is 5.65. The average Bonchev–Trinajstić information content (AvgIpc) is 2.41. The number of phenols is 1. The Labute approximate surface area is 121 Å². The van der Waals surface area contributed by atoms with Crippen molar-refractivity contribution in [2.75, 3.05) is 5.75 Å². The van der Waals surface area contributed by atoms with Crippen molar-refractivity contribution in [1.29, 1.82) is 0 Å². The van der Waals surface area contributed by atoms with Gasteiger partial charge in [0, 0.05) is 0 Å². The van der Waals surface area contributed by atoms with E-state index in [1.54, 1.807) is 12.1 Å². The van der Waals surface area contributed by atoms with Crippen molar-refractivity contribution in [2.24, 2.45) is 0 Å². The lowest BCUT2D eigenvalue weighted by molar-refractivity contribution is 0.101. The topological polar surface area (TPSA) is 71.4 Å². The Morgan fingerprint density at radius 2 is 1.76 bits per heavy atom. The van der Waals surface area contributed by atoms with Gasteiger partial charge < -0.3 is 5.11 Å². The summed E-state index contributed by atoms with van der Waals surface area (Å²) in [4.78, 5) is 12.0. The number of phenolic OH excluding ortho intramolecular Hbond substituents is 1. The first-order valence-electron chi connectivity index (χ1n) is 6.11. The molecule has 0 saturated heterocycles. The van der Waals surface area contributed by atoms with Gasteiger partial charge in [0.15, 0.2) is 15.6 Å². The molecule has 0 fully saturated rings. The highest BCUT2D eigenvalue weighted by Crippen LogP contribution is 2.21. The Balaban J connectivity index is 2.30. The van der Waals surface area contributed by atoms with Gasteiger partial charge in [-0.3, -0.25) is 4.79 Å². The molecule has 0 bridgehead atoms. The fraction of sp³-hybridized carbons (Fsp3) is 0.133. The number of aromatic hydroxyl groups is 1. The summed E-state index contributed by atoms with van der Waals surface area (Å²) < 4.78 is 37.3. The zero-order valence-corrected chi connectivity index (χ0v) is 12.0. The van der Waals surface area contributed by atoms with Crippen molar-refractivity contribution in [2.45, 2.75) is 11.8 Å². The lowest BCUT2D eigenvalue weighted by atomic mass is 10.1. The van der Waals surface area contributed by atoms with Crippen LogP contribution in [0, 0.1) is 12.7 Å². The molecule has 0 saturated carbocycles. The summed E-state index contributed by atoms with van der Waals surface area (Å²) in [6.45, 7) is 1.81. The third-order valence-corrected chi connectivity index (χ3v) is 4.59. The van der Waals surface area contributed by atoms with Crippen LogP contribution >= 0.6 is 0 Å². The molecule has 2 aromatic carbocycles. The molecular formula is C15H13FO4S. The third-order valence-electron chi connectivity index (χ3n) is 2.96. The van der Waals surface area contributed by atoms with Crippen LogP contribution in [0.5, 0.6) is 5.75 Å². The van der Waals surface area contributed by atoms with E-state index >= 15 is 0 Å². The summed E-state index contributed by atoms with van der Waals surface area (Å²) in [7, 11) is -3.84. The molecule has 0 radical (unpaired) electrons. The van der Waals surface area contributed by atoms with Gasteiger partial charge in [0.25, 0.3) is 0 Å². The van der Waals surface area contributed by atoms with Gasteiger partial charge >= 0.3 is 0 Å². The molecule has 0 spiro atoms. The SMILES string of the molecule is Cc1ccc(S(=O)(=O)CC(=O)c2cc(F)ccc2O)cc1. The summed E-state index contributed by atoms with van der Waals surface area (Å²) in [5, 5.41) is 9.53. The van der Waals surface area contributed by atoms with Crippen molar-refractivity contribution in [3.05, 3.63) is 59.4 Å². The number of benzene rings is 2. The number of ketones is 1. The van der Waals surface area contributed by atoms with Gasteiger partial charge in [-0.15, -0.1) is 0 Å². The van der Waals surface area contributed by atoms with Crippen molar-refractivity contribution in [3.63, 3.8) is 0 Å². The maximum Gasteiger partial charge on any atom is 0.185 e. The number of hydrogen-bond acceptors (Lipinski definition) is 4. The first-order valence-corrected chi connectivity index (χ1v) is 7.76. The van der Waals surface area contributed by atoms with Gasteiger partial charge in [-0.2, -0.15) is 0 Å². The molecule has 2 rings (SSSR count). The van der Waals surface area contributed by atoms with Crippen LogP contribution in [0.15, 0.2) is 47.4 Å². The molecule has 0 amide bonds. The first kappa shape index (κ1) is 15.2. The van der Waals surface area contributed by atoms with Crippen LogP contribution in [0.4, 0.5) is 4.39 Å². The van der Waals surface area contributed by atoms with Crippen LogP contribution in [-0.4, -0.2) is 25.1 Å². The normalized spacial score (nSPS) is 11.3. The van der Waals surface area contributed by atoms with Crippen LogP contribution in [0.1, 0.15) is 15.9 Å². The molecule has 0 unspecified atom stereocenters. The van der Waals surface area contributed by atoms with Gasteiger partial charge in [0.2, 0.25) is 0 Å². The van der Waals surface area contributed by atoms with E-state index in [4.69, 9.17) is 0 Å². The van der Waals surface area contributed by atoms with Crippen LogP contribution in [0.25, 0.3) is 0 Å². The predicted molar refractivity (Wildman–Crippen MR) is 75.6 cm³/mol. The number of aryl methyl sites for hydroxylation is 1. The number of hydrogen-bond donors (Lipinski definition) is 1. The molecule has 1 N–H and O–H groups in total. The molecule has 0 aliphatic heterocycles. The smallest absolute Gasteiger partial charge is 0.185 e. The molecule has 21 heavy (non-hydrogen) atoms. The first-order chi connectivity index (χ1) is 9.79. The second-order valence-corrected chi connectivity index (χ2v) is 6.65. The predicted octanol–water partition coefficient (Wildman–Crippen LogP) is 2.50. The largest absolute Gasteiger partial charge is 0.507 e. The highest BCUT2D eigenvalue weighted by atomic mass is 32.2. The Morgan fingerprint density at radius 3 is 2.38 bits per heavy atom.